The van der Waals surface area contributed by atoms with Crippen LogP contribution >= 0.6 is 0 Å². The SMILES string of the molecule is Cn1nncc1C(O)C(C)(C)O. The van der Waals surface area contributed by atoms with Crippen molar-refractivity contribution in [1.82, 2.24) is 15.0 Å². The third-order valence-corrected chi connectivity index (χ3v) is 1.70. The average Bonchev–Trinajstić information content (AvgIpc) is 2.31. The zero-order chi connectivity index (χ0) is 9.35. The van der Waals surface area contributed by atoms with Crippen LogP contribution in [0.2, 0.25) is 0 Å². The molecule has 12 heavy (non-hydrogen) atoms. The van der Waals surface area contributed by atoms with Crippen LogP contribution in [0.3, 0.4) is 0 Å². The Bertz CT molecular complexity index is 264. The van der Waals surface area contributed by atoms with Crippen LogP contribution in [0.1, 0.15) is 25.6 Å². The van der Waals surface area contributed by atoms with Gasteiger partial charge in [-0.1, -0.05) is 5.21 Å². The van der Waals surface area contributed by atoms with Crippen LogP contribution in [0.5, 0.6) is 0 Å². The Morgan fingerprint density at radius 3 is 2.50 bits per heavy atom. The molecule has 0 fully saturated rings. The highest BCUT2D eigenvalue weighted by Gasteiger charge is 2.28. The average molecular weight is 171 g/mol. The lowest BCUT2D eigenvalue weighted by Gasteiger charge is -2.23. The van der Waals surface area contributed by atoms with E-state index in [1.54, 1.807) is 7.05 Å². The number of aryl methyl sites for hydroxylation is 1. The fourth-order valence-corrected chi connectivity index (χ4v) is 0.907. The van der Waals surface area contributed by atoms with Gasteiger partial charge in [0, 0.05) is 7.05 Å². The second kappa shape index (κ2) is 2.84. The summed E-state index contributed by atoms with van der Waals surface area (Å²) >= 11 is 0. The molecule has 0 bridgehead atoms. The molecule has 0 saturated carbocycles. The number of aliphatic hydroxyl groups is 2. The van der Waals surface area contributed by atoms with Gasteiger partial charge < -0.3 is 10.2 Å². The molecule has 1 aromatic rings. The van der Waals surface area contributed by atoms with Gasteiger partial charge in [0.25, 0.3) is 0 Å². The molecule has 68 valence electrons. The Balaban J connectivity index is 2.92. The Morgan fingerprint density at radius 1 is 1.58 bits per heavy atom. The second-order valence-corrected chi connectivity index (χ2v) is 3.34. The number of rotatable bonds is 2. The lowest BCUT2D eigenvalue weighted by molar-refractivity contribution is -0.0534. The van der Waals surface area contributed by atoms with Crippen LogP contribution in [0.4, 0.5) is 0 Å². The van der Waals surface area contributed by atoms with Crippen molar-refractivity contribution in [3.8, 4) is 0 Å². The summed E-state index contributed by atoms with van der Waals surface area (Å²) in [6, 6.07) is 0. The fourth-order valence-electron chi connectivity index (χ4n) is 0.907. The van der Waals surface area contributed by atoms with Crippen molar-refractivity contribution in [2.24, 2.45) is 7.05 Å². The molecule has 1 aromatic heterocycles. The molecule has 0 saturated heterocycles. The highest BCUT2D eigenvalue weighted by Crippen LogP contribution is 2.23. The molecule has 1 atom stereocenters. The van der Waals surface area contributed by atoms with Crippen molar-refractivity contribution in [3.63, 3.8) is 0 Å². The van der Waals surface area contributed by atoms with Crippen LogP contribution in [-0.2, 0) is 7.05 Å². The minimum absolute atomic E-state index is 0.502. The van der Waals surface area contributed by atoms with E-state index in [1.807, 2.05) is 0 Å². The molecule has 0 spiro atoms. The van der Waals surface area contributed by atoms with Crippen molar-refractivity contribution in [2.75, 3.05) is 0 Å². The summed E-state index contributed by atoms with van der Waals surface area (Å²) in [5.74, 6) is 0. The molecular weight excluding hydrogens is 158 g/mol. The maximum Gasteiger partial charge on any atom is 0.125 e. The van der Waals surface area contributed by atoms with Gasteiger partial charge in [-0.2, -0.15) is 0 Å². The highest BCUT2D eigenvalue weighted by molar-refractivity contribution is 5.03. The molecule has 0 radical (unpaired) electrons. The zero-order valence-corrected chi connectivity index (χ0v) is 7.39. The third kappa shape index (κ3) is 1.62. The number of hydrogen-bond acceptors (Lipinski definition) is 4. The Labute approximate surface area is 70.6 Å². The van der Waals surface area contributed by atoms with Gasteiger partial charge in [-0.3, -0.25) is 0 Å². The number of nitrogens with zero attached hydrogens (tertiary/aromatic N) is 3. The van der Waals surface area contributed by atoms with E-state index in [9.17, 15) is 10.2 Å². The van der Waals surface area contributed by atoms with Gasteiger partial charge in [-0.15, -0.1) is 5.10 Å². The molecule has 1 unspecified atom stereocenters. The first-order valence-corrected chi connectivity index (χ1v) is 3.68. The second-order valence-electron chi connectivity index (χ2n) is 3.34. The summed E-state index contributed by atoms with van der Waals surface area (Å²) in [6.07, 6.45) is 0.473. The smallest absolute Gasteiger partial charge is 0.125 e. The molecule has 5 heteroatoms. The predicted octanol–water partition coefficient (Wildman–Crippen LogP) is -0.381. The molecule has 0 aromatic carbocycles. The summed E-state index contributed by atoms with van der Waals surface area (Å²) in [7, 11) is 1.66. The molecule has 0 amide bonds. The molecule has 2 N–H and O–H groups in total. The topological polar surface area (TPSA) is 71.2 Å². The van der Waals surface area contributed by atoms with Crippen LogP contribution < -0.4 is 0 Å². The van der Waals surface area contributed by atoms with Crippen molar-refractivity contribution < 1.29 is 10.2 Å². The quantitative estimate of drug-likeness (QED) is 0.636. The first-order valence-electron chi connectivity index (χ1n) is 3.68. The maximum atomic E-state index is 9.58. The Morgan fingerprint density at radius 2 is 2.17 bits per heavy atom. The Hall–Kier alpha value is -0.940. The van der Waals surface area contributed by atoms with E-state index in [0.29, 0.717) is 5.69 Å². The fraction of sp³-hybridized carbons (Fsp3) is 0.714. The summed E-state index contributed by atoms with van der Waals surface area (Å²) < 4.78 is 1.43. The molecule has 0 aliphatic carbocycles. The van der Waals surface area contributed by atoms with E-state index < -0.39 is 11.7 Å². The first-order chi connectivity index (χ1) is 5.43. The normalized spacial score (nSPS) is 14.8. The first kappa shape index (κ1) is 9.15. The minimum atomic E-state index is -1.17. The van der Waals surface area contributed by atoms with E-state index in [1.165, 1.54) is 24.7 Å². The van der Waals surface area contributed by atoms with E-state index in [2.05, 4.69) is 10.3 Å². The lowest BCUT2D eigenvalue weighted by atomic mass is 10.00. The summed E-state index contributed by atoms with van der Waals surface area (Å²) in [5, 5.41) is 26.3. The van der Waals surface area contributed by atoms with Crippen LogP contribution in [0.15, 0.2) is 6.20 Å². The monoisotopic (exact) mass is 171 g/mol. The van der Waals surface area contributed by atoms with Gasteiger partial charge in [0.2, 0.25) is 0 Å². The van der Waals surface area contributed by atoms with Gasteiger partial charge >= 0.3 is 0 Å². The van der Waals surface area contributed by atoms with Crippen LogP contribution in [0, 0.1) is 0 Å². The zero-order valence-electron chi connectivity index (χ0n) is 7.39. The Kier molecular flexibility index (Phi) is 2.16. The largest absolute Gasteiger partial charge is 0.387 e. The summed E-state index contributed by atoms with van der Waals surface area (Å²) in [5.41, 5.74) is -0.669. The van der Waals surface area contributed by atoms with Gasteiger partial charge in [0.1, 0.15) is 6.10 Å². The summed E-state index contributed by atoms with van der Waals surface area (Å²) in [4.78, 5) is 0. The standard InChI is InChI=1S/C7H13N3O2/c1-7(2,12)6(11)5-4-8-9-10(5)3/h4,6,11-12H,1-3H3. The van der Waals surface area contributed by atoms with Gasteiger partial charge in [-0.25, -0.2) is 4.68 Å². The van der Waals surface area contributed by atoms with Crippen molar-refractivity contribution in [3.05, 3.63) is 11.9 Å². The van der Waals surface area contributed by atoms with E-state index in [4.69, 9.17) is 0 Å². The van der Waals surface area contributed by atoms with E-state index in [-0.39, 0.29) is 0 Å². The lowest BCUT2D eigenvalue weighted by Crippen LogP contribution is -2.30. The van der Waals surface area contributed by atoms with E-state index in [0.717, 1.165) is 0 Å². The summed E-state index contributed by atoms with van der Waals surface area (Å²) in [6.45, 7) is 3.06. The van der Waals surface area contributed by atoms with Gasteiger partial charge in [-0.05, 0) is 13.8 Å². The number of aliphatic hydroxyl groups excluding tert-OH is 1. The van der Waals surface area contributed by atoms with Gasteiger partial charge in [0.15, 0.2) is 0 Å². The molecule has 5 nitrogen and oxygen atoms in total. The molecule has 1 heterocycles. The van der Waals surface area contributed by atoms with Gasteiger partial charge in [0.05, 0.1) is 17.5 Å². The van der Waals surface area contributed by atoms with Crippen molar-refractivity contribution in [1.29, 1.82) is 0 Å². The predicted molar refractivity (Wildman–Crippen MR) is 42.3 cm³/mol. The third-order valence-electron chi connectivity index (χ3n) is 1.70. The molecule has 1 rings (SSSR count). The minimum Gasteiger partial charge on any atom is -0.387 e. The highest BCUT2D eigenvalue weighted by atomic mass is 16.3. The molecule has 0 aliphatic rings. The number of hydrogen-bond donors (Lipinski definition) is 2. The maximum absolute atomic E-state index is 9.58. The van der Waals surface area contributed by atoms with Crippen LogP contribution in [0.25, 0.3) is 0 Å². The molecular formula is C7H13N3O2. The van der Waals surface area contributed by atoms with Crippen molar-refractivity contribution >= 4 is 0 Å². The number of aromatic nitrogens is 3. The van der Waals surface area contributed by atoms with E-state index >= 15 is 0 Å². The molecule has 0 aliphatic heterocycles. The van der Waals surface area contributed by atoms with Crippen LogP contribution in [-0.4, -0.2) is 30.8 Å². The van der Waals surface area contributed by atoms with Crippen molar-refractivity contribution in [2.45, 2.75) is 25.6 Å².